The van der Waals surface area contributed by atoms with E-state index in [2.05, 4.69) is 0 Å². The van der Waals surface area contributed by atoms with Crippen LogP contribution in [0.5, 0.6) is 5.75 Å². The summed E-state index contributed by atoms with van der Waals surface area (Å²) in [6.45, 7) is 0.414. The Hall–Kier alpha value is -1.69. The second-order valence-corrected chi connectivity index (χ2v) is 4.12. The molecule has 1 amide bonds. The van der Waals surface area contributed by atoms with Crippen molar-refractivity contribution in [2.45, 2.75) is 32.1 Å². The predicted molar refractivity (Wildman–Crippen MR) is 64.9 cm³/mol. The minimum Gasteiger partial charge on any atom is -0.493 e. The average molecular weight is 273 g/mol. The molecule has 0 unspecified atom stereocenters. The van der Waals surface area contributed by atoms with Crippen LogP contribution in [0.4, 0.5) is 8.78 Å². The number of hydrogen-bond acceptors (Lipinski definition) is 3. The zero-order valence-electron chi connectivity index (χ0n) is 10.5. The zero-order chi connectivity index (χ0) is 14.1. The van der Waals surface area contributed by atoms with Crippen molar-refractivity contribution in [1.82, 2.24) is 5.48 Å². The highest BCUT2D eigenvalue weighted by Gasteiger charge is 2.03. The highest BCUT2D eigenvalue weighted by molar-refractivity contribution is 5.74. The largest absolute Gasteiger partial charge is 0.493 e. The van der Waals surface area contributed by atoms with Gasteiger partial charge in [-0.25, -0.2) is 14.3 Å². The maximum atomic E-state index is 12.9. The summed E-state index contributed by atoms with van der Waals surface area (Å²) in [6, 6.07) is 3.42. The number of hydrogen-bond donors (Lipinski definition) is 2. The van der Waals surface area contributed by atoms with E-state index in [0.29, 0.717) is 25.2 Å². The van der Waals surface area contributed by atoms with Gasteiger partial charge in [0.2, 0.25) is 5.91 Å². The second kappa shape index (κ2) is 8.42. The molecule has 0 fully saturated rings. The molecule has 0 atom stereocenters. The van der Waals surface area contributed by atoms with Crippen LogP contribution in [0.25, 0.3) is 0 Å². The summed E-state index contributed by atoms with van der Waals surface area (Å²) in [7, 11) is 0. The van der Waals surface area contributed by atoms with Gasteiger partial charge in [-0.2, -0.15) is 0 Å². The summed E-state index contributed by atoms with van der Waals surface area (Å²) < 4.78 is 30.8. The molecular formula is C13H17F2NO3. The van der Waals surface area contributed by atoms with Crippen LogP contribution >= 0.6 is 0 Å². The maximum Gasteiger partial charge on any atom is 0.243 e. The fourth-order valence-corrected chi connectivity index (χ4v) is 1.55. The molecule has 0 heterocycles. The van der Waals surface area contributed by atoms with E-state index >= 15 is 0 Å². The van der Waals surface area contributed by atoms with Gasteiger partial charge in [0, 0.05) is 12.5 Å². The van der Waals surface area contributed by atoms with Crippen molar-refractivity contribution in [2.24, 2.45) is 0 Å². The molecule has 1 aromatic rings. The van der Waals surface area contributed by atoms with Crippen LogP contribution in [0, 0.1) is 11.6 Å². The molecular weight excluding hydrogens is 256 g/mol. The molecule has 1 rings (SSSR count). The number of ether oxygens (including phenoxy) is 1. The third-order valence-electron chi connectivity index (χ3n) is 2.58. The molecule has 6 heteroatoms. The van der Waals surface area contributed by atoms with Gasteiger partial charge in [0.25, 0.3) is 0 Å². The smallest absolute Gasteiger partial charge is 0.243 e. The molecule has 0 aliphatic carbocycles. The van der Waals surface area contributed by atoms with Gasteiger partial charge < -0.3 is 4.74 Å². The maximum absolute atomic E-state index is 12.9. The topological polar surface area (TPSA) is 58.6 Å². The van der Waals surface area contributed by atoms with Crippen molar-refractivity contribution in [1.29, 1.82) is 0 Å². The molecule has 0 radical (unpaired) electrons. The third kappa shape index (κ3) is 6.15. The standard InChI is InChI=1S/C13H17F2NO3/c14-11-7-6-10(9-12(11)15)19-8-4-2-1-3-5-13(17)16-18/h6-7,9,18H,1-5,8H2,(H,16,17). The summed E-state index contributed by atoms with van der Waals surface area (Å²) in [6.07, 6.45) is 3.45. The molecule has 0 saturated heterocycles. The van der Waals surface area contributed by atoms with E-state index < -0.39 is 17.5 Å². The number of amides is 1. The Kier molecular flexibility index (Phi) is 6.81. The Morgan fingerprint density at radius 1 is 1.16 bits per heavy atom. The number of carbonyl (C=O) groups is 1. The number of benzene rings is 1. The Labute approximate surface area is 110 Å². The van der Waals surface area contributed by atoms with Gasteiger partial charge in [0.05, 0.1) is 6.61 Å². The SMILES string of the molecule is O=C(CCCCCCOc1ccc(F)c(F)c1)NO. The van der Waals surface area contributed by atoms with Gasteiger partial charge in [-0.1, -0.05) is 12.8 Å². The summed E-state index contributed by atoms with van der Waals surface area (Å²) in [4.78, 5) is 10.7. The number of unbranched alkanes of at least 4 members (excludes halogenated alkanes) is 3. The first-order valence-electron chi connectivity index (χ1n) is 6.14. The number of carbonyl (C=O) groups excluding carboxylic acids is 1. The second-order valence-electron chi connectivity index (χ2n) is 4.12. The molecule has 0 aromatic heterocycles. The minimum absolute atomic E-state index is 0.292. The average Bonchev–Trinajstić information content (AvgIpc) is 2.41. The summed E-state index contributed by atoms with van der Waals surface area (Å²) >= 11 is 0. The quantitative estimate of drug-likeness (QED) is 0.435. The summed E-state index contributed by atoms with van der Waals surface area (Å²) in [5.41, 5.74) is 1.57. The number of hydroxylamine groups is 1. The van der Waals surface area contributed by atoms with Crippen LogP contribution in [0.15, 0.2) is 18.2 Å². The van der Waals surface area contributed by atoms with Crippen molar-refractivity contribution < 1.29 is 23.5 Å². The van der Waals surface area contributed by atoms with Crippen LogP contribution < -0.4 is 10.2 Å². The molecule has 106 valence electrons. The highest BCUT2D eigenvalue weighted by atomic mass is 19.2. The third-order valence-corrected chi connectivity index (χ3v) is 2.58. The molecule has 0 aliphatic heterocycles. The first-order chi connectivity index (χ1) is 9.13. The molecule has 19 heavy (non-hydrogen) atoms. The zero-order valence-corrected chi connectivity index (χ0v) is 10.5. The van der Waals surface area contributed by atoms with Crippen LogP contribution in [0.2, 0.25) is 0 Å². The lowest BCUT2D eigenvalue weighted by Gasteiger charge is -2.06. The summed E-state index contributed by atoms with van der Waals surface area (Å²) in [5, 5.41) is 8.27. The number of nitrogens with one attached hydrogen (secondary N) is 1. The molecule has 0 bridgehead atoms. The lowest BCUT2D eigenvalue weighted by Crippen LogP contribution is -2.17. The van der Waals surface area contributed by atoms with Crippen molar-refractivity contribution >= 4 is 5.91 Å². The molecule has 0 aliphatic rings. The Bertz CT molecular complexity index is 413. The van der Waals surface area contributed by atoms with Crippen molar-refractivity contribution in [3.05, 3.63) is 29.8 Å². The Balaban J connectivity index is 2.07. The first kappa shape index (κ1) is 15.4. The van der Waals surface area contributed by atoms with E-state index in [4.69, 9.17) is 9.94 Å². The normalized spacial score (nSPS) is 10.3. The molecule has 2 N–H and O–H groups in total. The predicted octanol–water partition coefficient (Wildman–Crippen LogP) is 2.80. The number of halogens is 2. The van der Waals surface area contributed by atoms with E-state index in [0.717, 1.165) is 31.4 Å². The van der Waals surface area contributed by atoms with E-state index in [1.165, 1.54) is 6.07 Å². The molecule has 4 nitrogen and oxygen atoms in total. The fraction of sp³-hybridized carbons (Fsp3) is 0.462. The Morgan fingerprint density at radius 3 is 2.58 bits per heavy atom. The minimum atomic E-state index is -0.924. The molecule has 0 spiro atoms. The van der Waals surface area contributed by atoms with E-state index in [1.807, 2.05) is 0 Å². The molecule has 1 aromatic carbocycles. The van der Waals surface area contributed by atoms with E-state index in [-0.39, 0.29) is 0 Å². The highest BCUT2D eigenvalue weighted by Crippen LogP contribution is 2.15. The summed E-state index contributed by atoms with van der Waals surface area (Å²) in [5.74, 6) is -1.90. The van der Waals surface area contributed by atoms with E-state index in [1.54, 1.807) is 5.48 Å². The monoisotopic (exact) mass is 273 g/mol. The Morgan fingerprint density at radius 2 is 1.89 bits per heavy atom. The van der Waals surface area contributed by atoms with Crippen molar-refractivity contribution in [2.75, 3.05) is 6.61 Å². The van der Waals surface area contributed by atoms with Crippen LogP contribution in [-0.4, -0.2) is 17.7 Å². The van der Waals surface area contributed by atoms with Gasteiger partial charge in [-0.15, -0.1) is 0 Å². The molecule has 0 saturated carbocycles. The van der Waals surface area contributed by atoms with Gasteiger partial charge in [-0.05, 0) is 25.0 Å². The van der Waals surface area contributed by atoms with Crippen LogP contribution in [-0.2, 0) is 4.79 Å². The number of rotatable bonds is 8. The first-order valence-corrected chi connectivity index (χ1v) is 6.14. The van der Waals surface area contributed by atoms with Gasteiger partial charge in [-0.3, -0.25) is 10.0 Å². The van der Waals surface area contributed by atoms with E-state index in [9.17, 15) is 13.6 Å². The van der Waals surface area contributed by atoms with Crippen LogP contribution in [0.1, 0.15) is 32.1 Å². The van der Waals surface area contributed by atoms with Gasteiger partial charge in [0.1, 0.15) is 5.75 Å². The lowest BCUT2D eigenvalue weighted by atomic mass is 10.1. The van der Waals surface area contributed by atoms with Crippen molar-refractivity contribution in [3.63, 3.8) is 0 Å². The van der Waals surface area contributed by atoms with Gasteiger partial charge in [0.15, 0.2) is 11.6 Å². The van der Waals surface area contributed by atoms with Gasteiger partial charge >= 0.3 is 0 Å². The van der Waals surface area contributed by atoms with Crippen LogP contribution in [0.3, 0.4) is 0 Å². The lowest BCUT2D eigenvalue weighted by molar-refractivity contribution is -0.129. The van der Waals surface area contributed by atoms with Crippen molar-refractivity contribution in [3.8, 4) is 5.75 Å². The fourth-order valence-electron chi connectivity index (χ4n) is 1.55.